The molecule has 4 nitrogen and oxygen atoms in total. The van der Waals surface area contributed by atoms with Gasteiger partial charge in [0.1, 0.15) is 5.82 Å². The standard InChI is InChI=1S/C11H13N3O/c1-15-9-4-2-3-8-7-13-10(14(8)9)11(12)5-6-11/h2-4,7H,5-6,12H2,1H3. The minimum absolute atomic E-state index is 0.235. The summed E-state index contributed by atoms with van der Waals surface area (Å²) in [6, 6.07) is 5.88. The Morgan fingerprint density at radius 2 is 2.27 bits per heavy atom. The number of hydrogen-bond acceptors (Lipinski definition) is 3. The smallest absolute Gasteiger partial charge is 0.199 e. The second kappa shape index (κ2) is 2.73. The average molecular weight is 203 g/mol. The molecule has 0 aromatic carbocycles. The monoisotopic (exact) mass is 203 g/mol. The van der Waals surface area contributed by atoms with E-state index in [-0.39, 0.29) is 5.54 Å². The fourth-order valence-corrected chi connectivity index (χ4v) is 1.89. The van der Waals surface area contributed by atoms with E-state index in [0.29, 0.717) is 0 Å². The van der Waals surface area contributed by atoms with E-state index in [2.05, 4.69) is 4.98 Å². The Morgan fingerprint density at radius 1 is 1.47 bits per heavy atom. The van der Waals surface area contributed by atoms with Crippen LogP contribution in [0.15, 0.2) is 24.4 Å². The molecule has 2 aromatic rings. The van der Waals surface area contributed by atoms with Gasteiger partial charge in [0.2, 0.25) is 0 Å². The van der Waals surface area contributed by atoms with Crippen LogP contribution >= 0.6 is 0 Å². The van der Waals surface area contributed by atoms with Crippen LogP contribution in [0.25, 0.3) is 5.52 Å². The number of hydrogen-bond donors (Lipinski definition) is 1. The largest absolute Gasteiger partial charge is 0.482 e. The molecule has 0 atom stereocenters. The topological polar surface area (TPSA) is 52.5 Å². The van der Waals surface area contributed by atoms with Crippen molar-refractivity contribution in [3.8, 4) is 5.88 Å². The molecule has 2 N–H and O–H groups in total. The van der Waals surface area contributed by atoms with Gasteiger partial charge in [0.25, 0.3) is 0 Å². The molecule has 1 aliphatic carbocycles. The third-order valence-electron chi connectivity index (χ3n) is 2.96. The van der Waals surface area contributed by atoms with Crippen LogP contribution in [0.2, 0.25) is 0 Å². The van der Waals surface area contributed by atoms with Crippen LogP contribution in [0, 0.1) is 0 Å². The van der Waals surface area contributed by atoms with Gasteiger partial charge in [0.05, 0.1) is 24.4 Å². The molecule has 1 saturated carbocycles. The van der Waals surface area contributed by atoms with Crippen LogP contribution < -0.4 is 10.5 Å². The summed E-state index contributed by atoms with van der Waals surface area (Å²) in [5.74, 6) is 1.70. The Balaban J connectivity index is 2.31. The normalized spacial score (nSPS) is 18.0. The van der Waals surface area contributed by atoms with Crippen LogP contribution in [0.3, 0.4) is 0 Å². The maximum Gasteiger partial charge on any atom is 0.199 e. The lowest BCUT2D eigenvalue weighted by Gasteiger charge is -2.10. The maximum atomic E-state index is 6.16. The Bertz CT molecular complexity index is 514. The van der Waals surface area contributed by atoms with Crippen LogP contribution in [-0.4, -0.2) is 16.5 Å². The van der Waals surface area contributed by atoms with E-state index in [1.165, 1.54) is 0 Å². The summed E-state index contributed by atoms with van der Waals surface area (Å²) < 4.78 is 7.31. The first-order valence-corrected chi connectivity index (χ1v) is 5.04. The van der Waals surface area contributed by atoms with E-state index in [0.717, 1.165) is 30.1 Å². The summed E-state index contributed by atoms with van der Waals surface area (Å²) in [6.07, 6.45) is 3.85. The molecular formula is C11H13N3O. The number of imidazole rings is 1. The summed E-state index contributed by atoms with van der Waals surface area (Å²) in [6.45, 7) is 0. The van der Waals surface area contributed by atoms with Gasteiger partial charge in [-0.25, -0.2) is 4.98 Å². The third kappa shape index (κ3) is 1.15. The molecule has 1 fully saturated rings. The number of fused-ring (bicyclic) bond motifs is 1. The molecule has 2 aromatic heterocycles. The quantitative estimate of drug-likeness (QED) is 0.800. The van der Waals surface area contributed by atoms with Gasteiger partial charge in [0.15, 0.2) is 5.88 Å². The molecule has 0 aliphatic heterocycles. The molecule has 4 heteroatoms. The Labute approximate surface area is 87.7 Å². The van der Waals surface area contributed by atoms with E-state index in [1.807, 2.05) is 28.8 Å². The molecule has 78 valence electrons. The molecule has 0 spiro atoms. The van der Waals surface area contributed by atoms with E-state index in [9.17, 15) is 0 Å². The van der Waals surface area contributed by atoms with Crippen molar-refractivity contribution in [1.82, 2.24) is 9.38 Å². The number of rotatable bonds is 2. The highest BCUT2D eigenvalue weighted by molar-refractivity contribution is 5.50. The molecule has 0 saturated heterocycles. The first-order chi connectivity index (χ1) is 7.24. The number of ether oxygens (including phenoxy) is 1. The van der Waals surface area contributed by atoms with Crippen molar-refractivity contribution in [3.63, 3.8) is 0 Å². The molecule has 15 heavy (non-hydrogen) atoms. The minimum atomic E-state index is -0.235. The Hall–Kier alpha value is -1.55. The predicted octanol–water partition coefficient (Wildman–Crippen LogP) is 1.29. The van der Waals surface area contributed by atoms with Gasteiger partial charge in [-0.1, -0.05) is 6.07 Å². The van der Waals surface area contributed by atoms with Crippen molar-refractivity contribution in [2.45, 2.75) is 18.4 Å². The maximum absolute atomic E-state index is 6.16. The molecule has 2 heterocycles. The van der Waals surface area contributed by atoms with Crippen LogP contribution in [0.1, 0.15) is 18.7 Å². The van der Waals surface area contributed by atoms with Crippen molar-refractivity contribution in [1.29, 1.82) is 0 Å². The average Bonchev–Trinajstić information content (AvgIpc) is 2.84. The molecule has 1 aliphatic rings. The summed E-state index contributed by atoms with van der Waals surface area (Å²) in [4.78, 5) is 4.40. The van der Waals surface area contributed by atoms with Crippen LogP contribution in [0.4, 0.5) is 0 Å². The second-order valence-electron chi connectivity index (χ2n) is 4.07. The second-order valence-corrected chi connectivity index (χ2v) is 4.07. The third-order valence-corrected chi connectivity index (χ3v) is 2.96. The predicted molar refractivity (Wildman–Crippen MR) is 56.8 cm³/mol. The van der Waals surface area contributed by atoms with Gasteiger partial charge in [-0.15, -0.1) is 0 Å². The van der Waals surface area contributed by atoms with Crippen molar-refractivity contribution in [2.75, 3.05) is 7.11 Å². The highest BCUT2D eigenvalue weighted by atomic mass is 16.5. The summed E-state index contributed by atoms with van der Waals surface area (Å²) in [7, 11) is 1.66. The van der Waals surface area contributed by atoms with E-state index < -0.39 is 0 Å². The Morgan fingerprint density at radius 3 is 2.93 bits per heavy atom. The van der Waals surface area contributed by atoms with Gasteiger partial charge in [-0.3, -0.25) is 4.40 Å². The minimum Gasteiger partial charge on any atom is -0.482 e. The highest BCUT2D eigenvalue weighted by Gasteiger charge is 2.44. The summed E-state index contributed by atoms with van der Waals surface area (Å²) in [5, 5.41) is 0. The van der Waals surface area contributed by atoms with Gasteiger partial charge < -0.3 is 10.5 Å². The highest BCUT2D eigenvalue weighted by Crippen LogP contribution is 2.42. The lowest BCUT2D eigenvalue weighted by molar-refractivity contribution is 0.387. The van der Waals surface area contributed by atoms with Crippen molar-refractivity contribution in [3.05, 3.63) is 30.2 Å². The number of aromatic nitrogens is 2. The van der Waals surface area contributed by atoms with Gasteiger partial charge >= 0.3 is 0 Å². The molecule has 3 rings (SSSR count). The first kappa shape index (κ1) is 8.73. The van der Waals surface area contributed by atoms with Crippen molar-refractivity contribution < 1.29 is 4.74 Å². The van der Waals surface area contributed by atoms with Gasteiger partial charge in [0, 0.05) is 0 Å². The number of pyridine rings is 1. The molecule has 0 amide bonds. The molecule has 0 bridgehead atoms. The zero-order valence-electron chi connectivity index (χ0n) is 8.60. The molecule has 0 unspecified atom stereocenters. The van der Waals surface area contributed by atoms with E-state index in [1.54, 1.807) is 7.11 Å². The van der Waals surface area contributed by atoms with E-state index in [4.69, 9.17) is 10.5 Å². The molecule has 0 radical (unpaired) electrons. The van der Waals surface area contributed by atoms with Crippen LogP contribution in [0.5, 0.6) is 5.88 Å². The van der Waals surface area contributed by atoms with Gasteiger partial charge in [-0.05, 0) is 25.0 Å². The zero-order chi connectivity index (χ0) is 10.5. The number of nitrogens with zero attached hydrogens (tertiary/aromatic N) is 2. The molecular weight excluding hydrogens is 190 g/mol. The zero-order valence-corrected chi connectivity index (χ0v) is 8.60. The lowest BCUT2D eigenvalue weighted by atomic mass is 10.3. The van der Waals surface area contributed by atoms with Gasteiger partial charge in [-0.2, -0.15) is 0 Å². The first-order valence-electron chi connectivity index (χ1n) is 5.04. The fraction of sp³-hybridized carbons (Fsp3) is 0.364. The number of nitrogens with two attached hydrogens (primary N) is 1. The summed E-state index contributed by atoms with van der Waals surface area (Å²) in [5.41, 5.74) is 6.96. The Kier molecular flexibility index (Phi) is 1.59. The van der Waals surface area contributed by atoms with Crippen molar-refractivity contribution in [2.24, 2.45) is 5.73 Å². The number of methoxy groups -OCH3 is 1. The van der Waals surface area contributed by atoms with Crippen molar-refractivity contribution >= 4 is 5.52 Å². The lowest BCUT2D eigenvalue weighted by Crippen LogP contribution is -2.22. The fourth-order valence-electron chi connectivity index (χ4n) is 1.89. The summed E-state index contributed by atoms with van der Waals surface area (Å²) >= 11 is 0. The van der Waals surface area contributed by atoms with E-state index >= 15 is 0 Å². The SMILES string of the molecule is COc1cccc2cnc(C3(N)CC3)n12. The van der Waals surface area contributed by atoms with Crippen LogP contribution in [-0.2, 0) is 5.54 Å².